The van der Waals surface area contributed by atoms with Crippen LogP contribution in [0.3, 0.4) is 0 Å². The Kier molecular flexibility index (Phi) is 4.21. The molecule has 0 aliphatic carbocycles. The van der Waals surface area contributed by atoms with E-state index in [2.05, 4.69) is 11.8 Å². The molecule has 0 bridgehead atoms. The number of hydrogen-bond donors (Lipinski definition) is 0. The molecular weight excluding hydrogens is 318 g/mol. The maximum Gasteiger partial charge on any atom is 0.259 e. The van der Waals surface area contributed by atoms with Gasteiger partial charge in [-0.3, -0.25) is 14.1 Å². The van der Waals surface area contributed by atoms with Crippen LogP contribution >= 0.6 is 11.3 Å². The first-order valence-electron chi connectivity index (χ1n) is 8.48. The fraction of sp³-hybridized carbons (Fsp3) is 0.368. The quantitative estimate of drug-likeness (QED) is 0.731. The highest BCUT2D eigenvalue weighted by Gasteiger charge is 2.18. The Morgan fingerprint density at radius 3 is 2.92 bits per heavy atom. The van der Waals surface area contributed by atoms with E-state index in [4.69, 9.17) is 4.98 Å². The third-order valence-corrected chi connectivity index (χ3v) is 5.48. The minimum absolute atomic E-state index is 0.0140. The van der Waals surface area contributed by atoms with E-state index in [1.807, 2.05) is 35.7 Å². The fourth-order valence-corrected chi connectivity index (χ4v) is 4.44. The smallest absolute Gasteiger partial charge is 0.259 e. The summed E-state index contributed by atoms with van der Waals surface area (Å²) in [6, 6.07) is 11.7. The molecule has 3 heterocycles. The van der Waals surface area contributed by atoms with Gasteiger partial charge in [0, 0.05) is 24.5 Å². The summed E-state index contributed by atoms with van der Waals surface area (Å²) >= 11 is 1.53. The molecule has 1 atom stereocenters. The number of likely N-dealkylation sites (tertiary alicyclic amines) is 1. The predicted octanol–water partition coefficient (Wildman–Crippen LogP) is 3.65. The van der Waals surface area contributed by atoms with Gasteiger partial charge in [0.2, 0.25) is 0 Å². The predicted molar refractivity (Wildman–Crippen MR) is 98.5 cm³/mol. The maximum atomic E-state index is 12.7. The van der Waals surface area contributed by atoms with Crippen molar-refractivity contribution in [3.63, 3.8) is 0 Å². The number of thiazole rings is 1. The molecule has 1 fully saturated rings. The Morgan fingerprint density at radius 2 is 2.12 bits per heavy atom. The fourth-order valence-electron chi connectivity index (χ4n) is 3.51. The molecule has 24 heavy (non-hydrogen) atoms. The van der Waals surface area contributed by atoms with E-state index in [-0.39, 0.29) is 5.56 Å². The third kappa shape index (κ3) is 3.01. The molecule has 1 aliphatic heterocycles. The van der Waals surface area contributed by atoms with Crippen LogP contribution in [-0.4, -0.2) is 27.4 Å². The average Bonchev–Trinajstić information content (AvgIpc) is 3.00. The molecule has 124 valence electrons. The highest BCUT2D eigenvalue weighted by Crippen LogP contribution is 2.24. The number of hydrogen-bond acceptors (Lipinski definition) is 4. The van der Waals surface area contributed by atoms with Gasteiger partial charge in [-0.05, 0) is 30.9 Å². The molecule has 1 aromatic carbocycles. The normalized spacial score (nSPS) is 19.0. The number of benzene rings is 1. The van der Waals surface area contributed by atoms with E-state index in [1.54, 1.807) is 10.5 Å². The Bertz CT molecular complexity index is 900. The largest absolute Gasteiger partial charge is 0.297 e. The van der Waals surface area contributed by atoms with E-state index in [0.29, 0.717) is 0 Å². The molecule has 1 aliphatic rings. The zero-order chi connectivity index (χ0) is 16.5. The average molecular weight is 339 g/mol. The van der Waals surface area contributed by atoms with Crippen LogP contribution in [0.5, 0.6) is 0 Å². The van der Waals surface area contributed by atoms with Gasteiger partial charge < -0.3 is 0 Å². The molecule has 1 saturated heterocycles. The zero-order valence-electron chi connectivity index (χ0n) is 13.8. The van der Waals surface area contributed by atoms with E-state index in [1.165, 1.54) is 24.2 Å². The molecule has 0 unspecified atom stereocenters. The Balaban J connectivity index is 1.68. The number of piperidine rings is 1. The van der Waals surface area contributed by atoms with Crippen LogP contribution in [0.25, 0.3) is 16.2 Å². The topological polar surface area (TPSA) is 37.6 Å². The van der Waals surface area contributed by atoms with Gasteiger partial charge in [-0.15, -0.1) is 11.3 Å². The summed E-state index contributed by atoms with van der Waals surface area (Å²) in [6.45, 7) is 5.27. The van der Waals surface area contributed by atoms with Crippen molar-refractivity contribution in [3.05, 3.63) is 57.8 Å². The van der Waals surface area contributed by atoms with Crippen molar-refractivity contribution in [2.75, 3.05) is 13.1 Å². The lowest BCUT2D eigenvalue weighted by Crippen LogP contribution is -2.34. The van der Waals surface area contributed by atoms with Gasteiger partial charge in [0.1, 0.15) is 0 Å². The summed E-state index contributed by atoms with van der Waals surface area (Å²) in [5.41, 5.74) is 2.87. The number of rotatable bonds is 3. The van der Waals surface area contributed by atoms with Gasteiger partial charge >= 0.3 is 0 Å². The molecule has 2 aromatic heterocycles. The van der Waals surface area contributed by atoms with Crippen molar-refractivity contribution < 1.29 is 0 Å². The number of aromatic nitrogens is 2. The van der Waals surface area contributed by atoms with Crippen LogP contribution in [0.15, 0.2) is 46.6 Å². The highest BCUT2D eigenvalue weighted by molar-refractivity contribution is 7.15. The Morgan fingerprint density at radius 1 is 1.29 bits per heavy atom. The zero-order valence-corrected chi connectivity index (χ0v) is 14.6. The minimum atomic E-state index is 0.0140. The molecule has 0 amide bonds. The van der Waals surface area contributed by atoms with Crippen LogP contribution in [0, 0.1) is 5.92 Å². The first-order valence-corrected chi connectivity index (χ1v) is 9.36. The van der Waals surface area contributed by atoms with Gasteiger partial charge in [-0.1, -0.05) is 37.3 Å². The lowest BCUT2D eigenvalue weighted by atomic mass is 10.0. The molecule has 4 nitrogen and oxygen atoms in total. The van der Waals surface area contributed by atoms with Gasteiger partial charge in [-0.25, -0.2) is 4.98 Å². The number of nitrogens with zero attached hydrogens (tertiary/aromatic N) is 3. The van der Waals surface area contributed by atoms with Crippen molar-refractivity contribution in [1.82, 2.24) is 14.3 Å². The SMILES string of the molecule is C[C@@H]1CCCN(Cc2cc(=O)n3c(-c4ccccc4)csc3n2)C1. The van der Waals surface area contributed by atoms with Crippen molar-refractivity contribution in [3.8, 4) is 11.3 Å². The van der Waals surface area contributed by atoms with E-state index in [9.17, 15) is 4.79 Å². The van der Waals surface area contributed by atoms with E-state index < -0.39 is 0 Å². The molecule has 3 aromatic rings. The van der Waals surface area contributed by atoms with E-state index in [0.717, 1.165) is 47.5 Å². The molecule has 0 N–H and O–H groups in total. The second-order valence-electron chi connectivity index (χ2n) is 6.67. The summed E-state index contributed by atoms with van der Waals surface area (Å²) in [5, 5.41) is 2.02. The molecule has 4 rings (SSSR count). The standard InChI is InChI=1S/C19H21N3OS/c1-14-6-5-9-21(11-14)12-16-10-18(23)22-17(13-24-19(22)20-16)15-7-3-2-4-8-15/h2-4,7-8,10,13-14H,5-6,9,11-12H2,1H3/t14-/m1/s1. The Hall–Kier alpha value is -1.98. The second kappa shape index (κ2) is 6.49. The first-order chi connectivity index (χ1) is 11.7. The van der Waals surface area contributed by atoms with E-state index >= 15 is 0 Å². The minimum Gasteiger partial charge on any atom is -0.297 e. The van der Waals surface area contributed by atoms with Crippen molar-refractivity contribution in [2.24, 2.45) is 5.92 Å². The van der Waals surface area contributed by atoms with Gasteiger partial charge in [0.25, 0.3) is 5.56 Å². The highest BCUT2D eigenvalue weighted by atomic mass is 32.1. The maximum absolute atomic E-state index is 12.7. The van der Waals surface area contributed by atoms with Gasteiger partial charge in [0.15, 0.2) is 4.96 Å². The second-order valence-corrected chi connectivity index (χ2v) is 7.51. The molecular formula is C19H21N3OS. The van der Waals surface area contributed by atoms with Crippen LogP contribution in [0.2, 0.25) is 0 Å². The molecule has 5 heteroatoms. The van der Waals surface area contributed by atoms with Crippen LogP contribution < -0.4 is 5.56 Å². The van der Waals surface area contributed by atoms with Gasteiger partial charge in [0.05, 0.1) is 11.4 Å². The first kappa shape index (κ1) is 15.5. The molecule has 0 spiro atoms. The third-order valence-electron chi connectivity index (χ3n) is 4.65. The summed E-state index contributed by atoms with van der Waals surface area (Å²) < 4.78 is 1.72. The summed E-state index contributed by atoms with van der Waals surface area (Å²) in [7, 11) is 0. The summed E-state index contributed by atoms with van der Waals surface area (Å²) in [6.07, 6.45) is 2.54. The summed E-state index contributed by atoms with van der Waals surface area (Å²) in [4.78, 5) is 20.6. The van der Waals surface area contributed by atoms with Crippen LogP contribution in [0.1, 0.15) is 25.5 Å². The van der Waals surface area contributed by atoms with Crippen molar-refractivity contribution >= 4 is 16.3 Å². The van der Waals surface area contributed by atoms with Crippen molar-refractivity contribution in [1.29, 1.82) is 0 Å². The summed E-state index contributed by atoms with van der Waals surface area (Å²) in [5.74, 6) is 0.731. The number of fused-ring (bicyclic) bond motifs is 1. The molecule has 0 radical (unpaired) electrons. The Labute approximate surface area is 145 Å². The van der Waals surface area contributed by atoms with Crippen LogP contribution in [0.4, 0.5) is 0 Å². The van der Waals surface area contributed by atoms with Gasteiger partial charge in [-0.2, -0.15) is 0 Å². The monoisotopic (exact) mass is 339 g/mol. The lowest BCUT2D eigenvalue weighted by Gasteiger charge is -2.30. The van der Waals surface area contributed by atoms with Crippen LogP contribution in [-0.2, 0) is 6.54 Å². The molecule has 0 saturated carbocycles. The lowest BCUT2D eigenvalue weighted by molar-refractivity contribution is 0.175. The van der Waals surface area contributed by atoms with Crippen molar-refractivity contribution in [2.45, 2.75) is 26.3 Å².